The molecule has 0 saturated heterocycles. The summed E-state index contributed by atoms with van der Waals surface area (Å²) >= 11 is 0. The molecule has 0 heterocycles. The van der Waals surface area contributed by atoms with Crippen molar-refractivity contribution in [3.05, 3.63) is 42.6 Å². The number of benzene rings is 1. The minimum atomic E-state index is -1.08. The first-order valence-corrected chi connectivity index (χ1v) is 6.26. The van der Waals surface area contributed by atoms with Crippen LogP contribution in [0.2, 0.25) is 0 Å². The average molecular weight is 257 g/mol. The van der Waals surface area contributed by atoms with Gasteiger partial charge >= 0.3 is 0 Å². The van der Waals surface area contributed by atoms with Gasteiger partial charge in [0.15, 0.2) is 17.3 Å². The van der Waals surface area contributed by atoms with Gasteiger partial charge in [0, 0.05) is 24.7 Å². The van der Waals surface area contributed by atoms with Gasteiger partial charge in [0.05, 0.1) is 0 Å². The van der Waals surface area contributed by atoms with Crippen molar-refractivity contribution in [1.29, 1.82) is 0 Å². The van der Waals surface area contributed by atoms with Gasteiger partial charge in [-0.2, -0.15) is 0 Å². The van der Waals surface area contributed by atoms with Crippen molar-refractivity contribution in [3.8, 4) is 0 Å². The molecule has 19 heavy (non-hydrogen) atoms. The third-order valence-corrected chi connectivity index (χ3v) is 3.05. The fourth-order valence-corrected chi connectivity index (χ4v) is 2.07. The zero-order chi connectivity index (χ0) is 13.7. The number of nitrogens with one attached hydrogen (secondary N) is 1. The quantitative estimate of drug-likeness (QED) is 0.663. The Morgan fingerprint density at radius 3 is 2.37 bits per heavy atom. The molecule has 1 aliphatic carbocycles. The molecule has 4 nitrogen and oxygen atoms in total. The Hall–Kier alpha value is -2.23. The number of allylic oxidation sites excluding steroid dienone is 1. The zero-order valence-electron chi connectivity index (χ0n) is 10.5. The summed E-state index contributed by atoms with van der Waals surface area (Å²) < 4.78 is 0. The summed E-state index contributed by atoms with van der Waals surface area (Å²) in [5.74, 6) is -2.03. The molecular formula is C15H15NO3. The maximum Gasteiger partial charge on any atom is 0.175 e. The van der Waals surface area contributed by atoms with Gasteiger partial charge in [-0.1, -0.05) is 18.2 Å². The smallest absolute Gasteiger partial charge is 0.175 e. The second-order valence-corrected chi connectivity index (χ2v) is 4.47. The number of hydrogen-bond donors (Lipinski definition) is 1. The van der Waals surface area contributed by atoms with E-state index in [1.165, 1.54) is 12.3 Å². The van der Waals surface area contributed by atoms with E-state index in [-0.39, 0.29) is 11.6 Å². The van der Waals surface area contributed by atoms with Crippen molar-refractivity contribution in [2.45, 2.75) is 19.3 Å². The Kier molecular flexibility index (Phi) is 4.23. The van der Waals surface area contributed by atoms with Crippen LogP contribution in [0, 0.1) is 5.92 Å². The highest BCUT2D eigenvalue weighted by Crippen LogP contribution is 2.18. The Labute approximate surface area is 111 Å². The van der Waals surface area contributed by atoms with Crippen LogP contribution in [-0.4, -0.2) is 17.3 Å². The Bertz CT molecular complexity index is 503. The topological polar surface area (TPSA) is 63.2 Å². The van der Waals surface area contributed by atoms with E-state index in [9.17, 15) is 14.4 Å². The van der Waals surface area contributed by atoms with Crippen molar-refractivity contribution in [2.24, 2.45) is 5.92 Å². The third kappa shape index (κ3) is 3.37. The number of anilines is 1. The molecule has 0 spiro atoms. The van der Waals surface area contributed by atoms with E-state index < -0.39 is 11.7 Å². The van der Waals surface area contributed by atoms with E-state index in [4.69, 9.17) is 0 Å². The van der Waals surface area contributed by atoms with Crippen LogP contribution in [-0.2, 0) is 14.4 Å². The highest BCUT2D eigenvalue weighted by Gasteiger charge is 2.34. The van der Waals surface area contributed by atoms with Crippen molar-refractivity contribution in [3.63, 3.8) is 0 Å². The standard InChI is InChI=1S/C15H15NO3/c17-12-7-4-8-13(18)15(12)14(19)9-10-16-11-5-2-1-3-6-11/h1-3,5-6,9-10,15-16H,4,7-8H2. The summed E-state index contributed by atoms with van der Waals surface area (Å²) in [6.45, 7) is 0. The first-order valence-electron chi connectivity index (χ1n) is 6.26. The van der Waals surface area contributed by atoms with Gasteiger partial charge in [-0.25, -0.2) is 0 Å². The van der Waals surface area contributed by atoms with Crippen LogP contribution >= 0.6 is 0 Å². The largest absolute Gasteiger partial charge is 0.362 e. The summed E-state index contributed by atoms with van der Waals surface area (Å²) in [4.78, 5) is 35.0. The summed E-state index contributed by atoms with van der Waals surface area (Å²) in [7, 11) is 0. The maximum atomic E-state index is 11.8. The molecule has 0 aliphatic heterocycles. The van der Waals surface area contributed by atoms with Gasteiger partial charge in [0.1, 0.15) is 5.92 Å². The molecule has 0 bridgehead atoms. The summed E-state index contributed by atoms with van der Waals surface area (Å²) in [5, 5.41) is 2.92. The first-order chi connectivity index (χ1) is 9.18. The number of carbonyl (C=O) groups is 3. The molecule has 0 unspecified atom stereocenters. The molecule has 0 radical (unpaired) electrons. The zero-order valence-corrected chi connectivity index (χ0v) is 10.5. The lowest BCUT2D eigenvalue weighted by molar-refractivity contribution is -0.140. The first kappa shape index (κ1) is 13.2. The molecule has 1 aliphatic rings. The number of para-hydroxylation sites is 1. The van der Waals surface area contributed by atoms with Crippen molar-refractivity contribution >= 4 is 23.0 Å². The Balaban J connectivity index is 1.96. The molecule has 1 fully saturated rings. The molecule has 0 atom stereocenters. The van der Waals surface area contributed by atoms with E-state index in [0.717, 1.165) is 5.69 Å². The molecular weight excluding hydrogens is 242 g/mol. The summed E-state index contributed by atoms with van der Waals surface area (Å²) in [6.07, 6.45) is 3.93. The molecule has 4 heteroatoms. The normalized spacial score (nSPS) is 16.8. The van der Waals surface area contributed by atoms with Gasteiger partial charge < -0.3 is 5.32 Å². The van der Waals surface area contributed by atoms with Crippen molar-refractivity contribution in [1.82, 2.24) is 0 Å². The number of ketones is 3. The highest BCUT2D eigenvalue weighted by molar-refractivity contribution is 6.23. The van der Waals surface area contributed by atoms with E-state index in [1.807, 2.05) is 30.3 Å². The summed E-state index contributed by atoms with van der Waals surface area (Å²) in [5.41, 5.74) is 0.841. The number of rotatable bonds is 4. The Morgan fingerprint density at radius 1 is 1.11 bits per heavy atom. The molecule has 1 saturated carbocycles. The second-order valence-electron chi connectivity index (χ2n) is 4.47. The molecule has 0 amide bonds. The predicted molar refractivity (Wildman–Crippen MR) is 71.6 cm³/mol. The molecule has 98 valence electrons. The van der Waals surface area contributed by atoms with Gasteiger partial charge in [-0.3, -0.25) is 14.4 Å². The van der Waals surface area contributed by atoms with Gasteiger partial charge in [-0.15, -0.1) is 0 Å². The SMILES string of the molecule is O=C(C=CNc1ccccc1)C1C(=O)CCCC1=O. The molecule has 2 rings (SSSR count). The minimum absolute atomic E-state index is 0.259. The summed E-state index contributed by atoms with van der Waals surface area (Å²) in [6, 6.07) is 9.33. The average Bonchev–Trinajstić information content (AvgIpc) is 2.40. The number of hydrogen-bond acceptors (Lipinski definition) is 4. The number of carbonyl (C=O) groups excluding carboxylic acids is 3. The fraction of sp³-hybridized carbons (Fsp3) is 0.267. The van der Waals surface area contributed by atoms with Crippen LogP contribution in [0.3, 0.4) is 0 Å². The third-order valence-electron chi connectivity index (χ3n) is 3.05. The monoisotopic (exact) mass is 257 g/mol. The van der Waals surface area contributed by atoms with Gasteiger partial charge in [0.25, 0.3) is 0 Å². The van der Waals surface area contributed by atoms with E-state index in [2.05, 4.69) is 5.32 Å². The van der Waals surface area contributed by atoms with Crippen LogP contribution in [0.5, 0.6) is 0 Å². The van der Waals surface area contributed by atoms with Crippen LogP contribution in [0.15, 0.2) is 42.6 Å². The van der Waals surface area contributed by atoms with Crippen molar-refractivity contribution in [2.75, 3.05) is 5.32 Å². The van der Waals surface area contributed by atoms with Gasteiger partial charge in [-0.05, 0) is 24.6 Å². The van der Waals surface area contributed by atoms with Crippen LogP contribution < -0.4 is 5.32 Å². The minimum Gasteiger partial charge on any atom is -0.362 e. The lowest BCUT2D eigenvalue weighted by Crippen LogP contribution is -2.34. The van der Waals surface area contributed by atoms with Crippen LogP contribution in [0.1, 0.15) is 19.3 Å². The van der Waals surface area contributed by atoms with E-state index >= 15 is 0 Å². The number of Topliss-reactive ketones (excluding diaryl/α,β-unsaturated/α-hetero) is 2. The van der Waals surface area contributed by atoms with Crippen LogP contribution in [0.4, 0.5) is 5.69 Å². The van der Waals surface area contributed by atoms with E-state index in [0.29, 0.717) is 19.3 Å². The maximum absolute atomic E-state index is 11.8. The van der Waals surface area contributed by atoms with Crippen molar-refractivity contribution < 1.29 is 14.4 Å². The molecule has 0 aromatic heterocycles. The lowest BCUT2D eigenvalue weighted by Gasteiger charge is -2.16. The molecule has 1 aromatic carbocycles. The lowest BCUT2D eigenvalue weighted by atomic mass is 9.84. The highest BCUT2D eigenvalue weighted by atomic mass is 16.2. The molecule has 1 N–H and O–H groups in total. The Morgan fingerprint density at radius 2 is 1.74 bits per heavy atom. The predicted octanol–water partition coefficient (Wildman–Crippen LogP) is 2.12. The molecule has 1 aromatic rings. The fourth-order valence-electron chi connectivity index (χ4n) is 2.07. The second kappa shape index (κ2) is 6.09. The van der Waals surface area contributed by atoms with Gasteiger partial charge in [0.2, 0.25) is 0 Å². The van der Waals surface area contributed by atoms with E-state index in [1.54, 1.807) is 0 Å². The van der Waals surface area contributed by atoms with Crippen LogP contribution in [0.25, 0.3) is 0 Å².